The third-order valence-electron chi connectivity index (χ3n) is 3.41. The molecule has 1 aromatic rings. The number of hydrogen-bond donors (Lipinski definition) is 1. The van der Waals surface area contributed by atoms with Crippen LogP contribution in [0.25, 0.3) is 0 Å². The zero-order valence-corrected chi connectivity index (χ0v) is 13.6. The number of benzene rings is 1. The van der Waals surface area contributed by atoms with E-state index < -0.39 is 30.3 Å². The van der Waals surface area contributed by atoms with Crippen LogP contribution in [0, 0.1) is 3.57 Å². The van der Waals surface area contributed by atoms with Gasteiger partial charge in [0.2, 0.25) is 5.91 Å². The van der Waals surface area contributed by atoms with E-state index in [9.17, 15) is 19.2 Å². The number of halogens is 1. The molecule has 2 fully saturated rings. The molecule has 3 rings (SSSR count). The summed E-state index contributed by atoms with van der Waals surface area (Å²) in [4.78, 5) is 49.3. The van der Waals surface area contributed by atoms with Gasteiger partial charge >= 0.3 is 17.8 Å². The third-order valence-corrected chi connectivity index (χ3v) is 4.08. The fourth-order valence-corrected chi connectivity index (χ4v) is 2.77. The Morgan fingerprint density at radius 3 is 2.59 bits per heavy atom. The fourth-order valence-electron chi connectivity index (χ4n) is 2.23. The van der Waals surface area contributed by atoms with Crippen LogP contribution in [-0.2, 0) is 14.4 Å². The zero-order valence-electron chi connectivity index (χ0n) is 11.4. The molecular weight excluding hydrogens is 401 g/mol. The topological polar surface area (TPSA) is 86.8 Å². The van der Waals surface area contributed by atoms with Crippen molar-refractivity contribution in [3.05, 3.63) is 27.8 Å². The van der Waals surface area contributed by atoms with Gasteiger partial charge in [-0.25, -0.2) is 9.69 Å². The first-order valence-electron chi connectivity index (χ1n) is 6.72. The van der Waals surface area contributed by atoms with Crippen LogP contribution in [0.1, 0.15) is 12.8 Å². The number of nitrogens with zero attached hydrogens (tertiary/aromatic N) is 2. The van der Waals surface area contributed by atoms with E-state index in [0.717, 1.165) is 8.47 Å². The van der Waals surface area contributed by atoms with Gasteiger partial charge in [0.15, 0.2) is 0 Å². The lowest BCUT2D eigenvalue weighted by atomic mass is 10.3. The average molecular weight is 413 g/mol. The maximum absolute atomic E-state index is 12.1. The number of imide groups is 2. The molecular formula is C14H12IN3O4. The number of amides is 5. The third kappa shape index (κ3) is 2.82. The Hall–Kier alpha value is -1.97. The van der Waals surface area contributed by atoms with Gasteiger partial charge in [0, 0.05) is 15.3 Å². The normalized spacial score (nSPS) is 18.1. The molecule has 5 amide bonds. The van der Waals surface area contributed by atoms with Gasteiger partial charge in [-0.2, -0.15) is 0 Å². The van der Waals surface area contributed by atoms with Crippen molar-refractivity contribution in [3.63, 3.8) is 0 Å². The van der Waals surface area contributed by atoms with E-state index >= 15 is 0 Å². The Balaban J connectivity index is 1.67. The molecule has 2 aliphatic rings. The molecule has 22 heavy (non-hydrogen) atoms. The van der Waals surface area contributed by atoms with Crippen molar-refractivity contribution in [2.75, 3.05) is 11.9 Å². The molecule has 114 valence electrons. The highest BCUT2D eigenvalue weighted by Crippen LogP contribution is 2.30. The van der Waals surface area contributed by atoms with Crippen LogP contribution in [0.5, 0.6) is 0 Å². The standard InChI is InChI=1S/C14H12IN3O4/c15-8-2-1-3-9(6-8)16-11(19)7-17-12(20)13(21)18(14(17)22)10-4-5-10/h1-3,6,10H,4-5,7H2,(H,16,19). The monoisotopic (exact) mass is 413 g/mol. The number of anilines is 1. The van der Waals surface area contributed by atoms with E-state index in [0.29, 0.717) is 23.4 Å². The van der Waals surface area contributed by atoms with Crippen LogP contribution in [-0.4, -0.2) is 46.1 Å². The van der Waals surface area contributed by atoms with Crippen LogP contribution in [0.15, 0.2) is 24.3 Å². The summed E-state index contributed by atoms with van der Waals surface area (Å²) in [6.07, 6.45) is 1.43. The second-order valence-corrected chi connectivity index (χ2v) is 6.38. The number of carbonyl (C=O) groups excluding carboxylic acids is 4. The van der Waals surface area contributed by atoms with Crippen LogP contribution in [0.3, 0.4) is 0 Å². The molecule has 0 bridgehead atoms. The lowest BCUT2D eigenvalue weighted by Crippen LogP contribution is -2.39. The van der Waals surface area contributed by atoms with Crippen LogP contribution in [0.4, 0.5) is 10.5 Å². The molecule has 8 heteroatoms. The lowest BCUT2D eigenvalue weighted by molar-refractivity contribution is -0.143. The molecule has 1 heterocycles. The average Bonchev–Trinajstić information content (AvgIpc) is 3.25. The molecule has 1 N–H and O–H groups in total. The quantitative estimate of drug-likeness (QED) is 0.457. The Kier molecular flexibility index (Phi) is 3.85. The molecule has 0 spiro atoms. The Morgan fingerprint density at radius 2 is 1.95 bits per heavy atom. The molecule has 0 atom stereocenters. The summed E-state index contributed by atoms with van der Waals surface area (Å²) in [5.74, 6) is -2.29. The van der Waals surface area contributed by atoms with Gasteiger partial charge in [0.1, 0.15) is 6.54 Å². The molecule has 7 nitrogen and oxygen atoms in total. The van der Waals surface area contributed by atoms with Crippen molar-refractivity contribution >= 4 is 52.0 Å². The zero-order chi connectivity index (χ0) is 15.9. The van der Waals surface area contributed by atoms with E-state index in [4.69, 9.17) is 0 Å². The minimum atomic E-state index is -0.935. The Morgan fingerprint density at radius 1 is 1.23 bits per heavy atom. The van der Waals surface area contributed by atoms with Crippen molar-refractivity contribution < 1.29 is 19.2 Å². The number of urea groups is 1. The summed E-state index contributed by atoms with van der Waals surface area (Å²) < 4.78 is 0.943. The van der Waals surface area contributed by atoms with Crippen molar-refractivity contribution in [3.8, 4) is 0 Å². The highest BCUT2D eigenvalue weighted by atomic mass is 127. The molecule has 0 aromatic heterocycles. The first-order valence-corrected chi connectivity index (χ1v) is 7.79. The second-order valence-electron chi connectivity index (χ2n) is 5.14. The molecule has 1 aliphatic carbocycles. The molecule has 1 aliphatic heterocycles. The summed E-state index contributed by atoms with van der Waals surface area (Å²) in [5, 5.41) is 2.61. The molecule has 0 unspecified atom stereocenters. The highest BCUT2D eigenvalue weighted by Gasteiger charge is 2.51. The second kappa shape index (κ2) is 5.67. The molecule has 0 radical (unpaired) electrons. The predicted octanol–water partition coefficient (Wildman–Crippen LogP) is 1.18. The van der Waals surface area contributed by atoms with Gasteiger partial charge in [-0.3, -0.25) is 19.3 Å². The Labute approximate surface area is 139 Å². The van der Waals surface area contributed by atoms with E-state index in [1.165, 1.54) is 0 Å². The van der Waals surface area contributed by atoms with Crippen LogP contribution in [0.2, 0.25) is 0 Å². The summed E-state index contributed by atoms with van der Waals surface area (Å²) in [6, 6.07) is 6.23. The van der Waals surface area contributed by atoms with Gasteiger partial charge in [-0.15, -0.1) is 0 Å². The van der Waals surface area contributed by atoms with Gasteiger partial charge in [-0.1, -0.05) is 6.07 Å². The SMILES string of the molecule is O=C(CN1C(=O)C(=O)N(C2CC2)C1=O)Nc1cccc(I)c1. The number of hydrogen-bond acceptors (Lipinski definition) is 4. The molecule has 1 saturated heterocycles. The number of carbonyl (C=O) groups is 4. The van der Waals surface area contributed by atoms with E-state index in [-0.39, 0.29) is 6.04 Å². The molecule has 1 saturated carbocycles. The number of rotatable bonds is 4. The van der Waals surface area contributed by atoms with E-state index in [2.05, 4.69) is 27.9 Å². The first-order chi connectivity index (χ1) is 10.5. The van der Waals surface area contributed by atoms with E-state index in [1.807, 2.05) is 6.07 Å². The van der Waals surface area contributed by atoms with Gasteiger partial charge < -0.3 is 5.32 Å². The largest absolute Gasteiger partial charge is 0.334 e. The minimum absolute atomic E-state index is 0.187. The summed E-state index contributed by atoms with van der Waals surface area (Å²) in [7, 11) is 0. The lowest BCUT2D eigenvalue weighted by Gasteiger charge is -2.14. The van der Waals surface area contributed by atoms with Gasteiger partial charge in [-0.05, 0) is 53.6 Å². The summed E-state index contributed by atoms with van der Waals surface area (Å²) >= 11 is 2.11. The smallest absolute Gasteiger partial charge is 0.324 e. The summed E-state index contributed by atoms with van der Waals surface area (Å²) in [6.45, 7) is -0.460. The maximum Gasteiger partial charge on any atom is 0.334 e. The predicted molar refractivity (Wildman–Crippen MR) is 84.8 cm³/mol. The van der Waals surface area contributed by atoms with Crippen molar-refractivity contribution in [1.29, 1.82) is 0 Å². The maximum atomic E-state index is 12.1. The molecule has 1 aromatic carbocycles. The van der Waals surface area contributed by atoms with Crippen molar-refractivity contribution in [2.24, 2.45) is 0 Å². The van der Waals surface area contributed by atoms with Crippen molar-refractivity contribution in [2.45, 2.75) is 18.9 Å². The van der Waals surface area contributed by atoms with Gasteiger partial charge in [0.25, 0.3) is 0 Å². The van der Waals surface area contributed by atoms with Gasteiger partial charge in [0.05, 0.1) is 0 Å². The fraction of sp³-hybridized carbons (Fsp3) is 0.286. The van der Waals surface area contributed by atoms with Crippen molar-refractivity contribution in [1.82, 2.24) is 9.80 Å². The van der Waals surface area contributed by atoms with Crippen LogP contribution >= 0.6 is 22.6 Å². The number of nitrogens with one attached hydrogen (secondary N) is 1. The highest BCUT2D eigenvalue weighted by molar-refractivity contribution is 14.1. The summed E-state index contributed by atoms with van der Waals surface area (Å²) in [5.41, 5.74) is 0.571. The Bertz CT molecular complexity index is 686. The minimum Gasteiger partial charge on any atom is -0.324 e. The van der Waals surface area contributed by atoms with Crippen LogP contribution < -0.4 is 5.32 Å². The first kappa shape index (κ1) is 14.9. The van der Waals surface area contributed by atoms with E-state index in [1.54, 1.807) is 18.2 Å².